The molecule has 1 aliphatic rings. The predicted molar refractivity (Wildman–Crippen MR) is 77.2 cm³/mol. The number of hydrogen-bond acceptors (Lipinski definition) is 3. The summed E-state index contributed by atoms with van der Waals surface area (Å²) in [6.45, 7) is 4.01. The first-order chi connectivity index (χ1) is 9.65. The summed E-state index contributed by atoms with van der Waals surface area (Å²) in [7, 11) is 0. The highest BCUT2D eigenvalue weighted by molar-refractivity contribution is 5.87. The number of rotatable bonds is 2. The van der Waals surface area contributed by atoms with Gasteiger partial charge >= 0.3 is 0 Å². The molecule has 0 spiro atoms. The van der Waals surface area contributed by atoms with Crippen LogP contribution in [0.3, 0.4) is 0 Å². The van der Waals surface area contributed by atoms with Crippen LogP contribution in [0.25, 0.3) is 11.3 Å². The summed E-state index contributed by atoms with van der Waals surface area (Å²) in [6, 6.07) is 13.9. The topological polar surface area (TPSA) is 52.4 Å². The van der Waals surface area contributed by atoms with Gasteiger partial charge in [0.05, 0.1) is 4.92 Å². The summed E-state index contributed by atoms with van der Waals surface area (Å²) in [4.78, 5) is 10.2. The van der Waals surface area contributed by atoms with E-state index < -0.39 is 4.92 Å². The molecule has 0 fully saturated rings. The fourth-order valence-corrected chi connectivity index (χ4v) is 2.09. The van der Waals surface area contributed by atoms with E-state index >= 15 is 0 Å². The van der Waals surface area contributed by atoms with Crippen molar-refractivity contribution in [2.75, 3.05) is 0 Å². The third-order valence-electron chi connectivity index (χ3n) is 3.12. The second-order valence-electron chi connectivity index (χ2n) is 4.44. The molecule has 0 aromatic heterocycles. The number of allylic oxidation sites excluding steroid dienone is 2. The molecule has 3 rings (SSSR count). The maximum absolute atomic E-state index is 10.6. The van der Waals surface area contributed by atoms with Gasteiger partial charge in [-0.05, 0) is 29.8 Å². The molecule has 0 N–H and O–H groups in total. The zero-order valence-corrected chi connectivity index (χ0v) is 10.6. The van der Waals surface area contributed by atoms with E-state index in [2.05, 4.69) is 6.58 Å². The van der Waals surface area contributed by atoms with Crippen LogP contribution >= 0.6 is 0 Å². The first-order valence-corrected chi connectivity index (χ1v) is 6.08. The van der Waals surface area contributed by atoms with E-state index in [4.69, 9.17) is 4.74 Å². The molecule has 98 valence electrons. The molecule has 0 bridgehead atoms. The van der Waals surface area contributed by atoms with E-state index in [0.29, 0.717) is 5.76 Å². The van der Waals surface area contributed by atoms with Crippen molar-refractivity contribution in [3.63, 3.8) is 0 Å². The minimum Gasteiger partial charge on any atom is -0.456 e. The van der Waals surface area contributed by atoms with Crippen LogP contribution in [0.2, 0.25) is 0 Å². The Morgan fingerprint density at radius 1 is 1.05 bits per heavy atom. The molecule has 4 nitrogen and oxygen atoms in total. The summed E-state index contributed by atoms with van der Waals surface area (Å²) in [5.41, 5.74) is 2.66. The van der Waals surface area contributed by atoms with Crippen LogP contribution in [-0.2, 0) is 0 Å². The fraction of sp³-hybridized carbons (Fsp3) is 0. The molecule has 0 radical (unpaired) electrons. The van der Waals surface area contributed by atoms with Gasteiger partial charge < -0.3 is 4.74 Å². The van der Waals surface area contributed by atoms with Crippen LogP contribution in [0.15, 0.2) is 61.2 Å². The molecule has 0 unspecified atom stereocenters. The molecule has 0 amide bonds. The number of benzene rings is 2. The Morgan fingerprint density at radius 2 is 1.75 bits per heavy atom. The lowest BCUT2D eigenvalue weighted by Crippen LogP contribution is -2.03. The maximum Gasteiger partial charge on any atom is 0.269 e. The van der Waals surface area contributed by atoms with E-state index in [0.717, 1.165) is 22.4 Å². The van der Waals surface area contributed by atoms with Crippen molar-refractivity contribution in [2.24, 2.45) is 0 Å². The van der Waals surface area contributed by atoms with Crippen LogP contribution < -0.4 is 4.74 Å². The zero-order valence-electron chi connectivity index (χ0n) is 10.6. The van der Waals surface area contributed by atoms with Crippen molar-refractivity contribution in [3.05, 3.63) is 82.4 Å². The normalized spacial score (nSPS) is 13.2. The minimum absolute atomic E-state index is 0.0596. The van der Waals surface area contributed by atoms with Gasteiger partial charge in [-0.1, -0.05) is 24.8 Å². The maximum atomic E-state index is 10.6. The Bertz CT molecular complexity index is 730. The van der Waals surface area contributed by atoms with Crippen molar-refractivity contribution in [1.29, 1.82) is 0 Å². The molecular formula is C16H11NO3. The van der Waals surface area contributed by atoms with Crippen molar-refractivity contribution < 1.29 is 9.66 Å². The van der Waals surface area contributed by atoms with Gasteiger partial charge in [0.2, 0.25) is 0 Å². The number of ether oxygens (including phenoxy) is 1. The summed E-state index contributed by atoms with van der Waals surface area (Å²) >= 11 is 0. The zero-order chi connectivity index (χ0) is 14.1. The number of nitrogens with zero attached hydrogens (tertiary/aromatic N) is 1. The quantitative estimate of drug-likeness (QED) is 0.608. The van der Waals surface area contributed by atoms with Crippen molar-refractivity contribution in [2.45, 2.75) is 0 Å². The van der Waals surface area contributed by atoms with Crippen LogP contribution in [0.5, 0.6) is 5.75 Å². The highest BCUT2D eigenvalue weighted by Crippen LogP contribution is 2.35. The SMILES string of the molecule is C=C1C=C(c2ccc([N+](=O)[O-])cc2)Oc2ccccc21. The third-order valence-corrected chi connectivity index (χ3v) is 3.12. The summed E-state index contributed by atoms with van der Waals surface area (Å²) < 4.78 is 5.82. The van der Waals surface area contributed by atoms with Gasteiger partial charge in [0.1, 0.15) is 11.5 Å². The Balaban J connectivity index is 1.96. The van der Waals surface area contributed by atoms with Crippen LogP contribution in [0, 0.1) is 10.1 Å². The predicted octanol–water partition coefficient (Wildman–Crippen LogP) is 4.04. The largest absolute Gasteiger partial charge is 0.456 e. The number of non-ortho nitro benzene ring substituents is 1. The molecule has 1 heterocycles. The Morgan fingerprint density at radius 3 is 2.45 bits per heavy atom. The van der Waals surface area contributed by atoms with Crippen molar-refractivity contribution >= 4 is 17.0 Å². The molecule has 2 aromatic rings. The summed E-state index contributed by atoms with van der Waals surface area (Å²) in [6.07, 6.45) is 1.84. The first kappa shape index (κ1) is 12.2. The molecule has 20 heavy (non-hydrogen) atoms. The average Bonchev–Trinajstić information content (AvgIpc) is 2.47. The van der Waals surface area contributed by atoms with Crippen LogP contribution in [0.4, 0.5) is 5.69 Å². The molecule has 0 atom stereocenters. The number of nitro groups is 1. The number of hydrogen-bond donors (Lipinski definition) is 0. The van der Waals surface area contributed by atoms with Gasteiger partial charge in [0.25, 0.3) is 5.69 Å². The lowest BCUT2D eigenvalue weighted by molar-refractivity contribution is -0.384. The van der Waals surface area contributed by atoms with E-state index in [1.807, 2.05) is 30.3 Å². The van der Waals surface area contributed by atoms with E-state index in [-0.39, 0.29) is 5.69 Å². The average molecular weight is 265 g/mol. The molecule has 0 aliphatic carbocycles. The van der Waals surface area contributed by atoms with E-state index in [1.165, 1.54) is 12.1 Å². The molecule has 4 heteroatoms. The molecule has 0 saturated carbocycles. The van der Waals surface area contributed by atoms with Crippen LogP contribution in [-0.4, -0.2) is 4.92 Å². The second-order valence-corrected chi connectivity index (χ2v) is 4.44. The number of fused-ring (bicyclic) bond motifs is 1. The van der Waals surface area contributed by atoms with Gasteiger partial charge in [-0.2, -0.15) is 0 Å². The Labute approximate surface area is 115 Å². The highest BCUT2D eigenvalue weighted by atomic mass is 16.6. The fourth-order valence-electron chi connectivity index (χ4n) is 2.09. The van der Waals surface area contributed by atoms with E-state index in [9.17, 15) is 10.1 Å². The first-order valence-electron chi connectivity index (χ1n) is 6.08. The van der Waals surface area contributed by atoms with Gasteiger partial charge in [0.15, 0.2) is 0 Å². The monoisotopic (exact) mass is 265 g/mol. The molecule has 1 aliphatic heterocycles. The third kappa shape index (κ3) is 2.07. The lowest BCUT2D eigenvalue weighted by atomic mass is 10.0. The standard InChI is InChI=1S/C16H11NO3/c1-11-10-16(20-15-5-3-2-4-14(11)15)12-6-8-13(9-7-12)17(18)19/h2-10H,1H2. The molecule has 0 saturated heterocycles. The van der Waals surface area contributed by atoms with Gasteiger partial charge in [-0.25, -0.2) is 0 Å². The summed E-state index contributed by atoms with van der Waals surface area (Å²) in [5, 5.41) is 10.6. The van der Waals surface area contributed by atoms with Gasteiger partial charge in [-0.3, -0.25) is 10.1 Å². The van der Waals surface area contributed by atoms with Crippen LogP contribution in [0.1, 0.15) is 11.1 Å². The van der Waals surface area contributed by atoms with Gasteiger partial charge in [-0.15, -0.1) is 0 Å². The number of nitro benzene ring substituents is 1. The highest BCUT2D eigenvalue weighted by Gasteiger charge is 2.16. The van der Waals surface area contributed by atoms with Crippen molar-refractivity contribution in [3.8, 4) is 5.75 Å². The Kier molecular flexibility index (Phi) is 2.84. The molecular weight excluding hydrogens is 254 g/mol. The second kappa shape index (κ2) is 4.66. The van der Waals surface area contributed by atoms with E-state index in [1.54, 1.807) is 12.1 Å². The minimum atomic E-state index is -0.423. The lowest BCUT2D eigenvalue weighted by Gasteiger charge is -2.19. The van der Waals surface area contributed by atoms with Crippen molar-refractivity contribution in [1.82, 2.24) is 0 Å². The Hall–Kier alpha value is -2.88. The number of para-hydroxylation sites is 1. The summed E-state index contributed by atoms with van der Waals surface area (Å²) in [5.74, 6) is 1.39. The van der Waals surface area contributed by atoms with Gasteiger partial charge in [0, 0.05) is 23.3 Å². The molecule has 2 aromatic carbocycles. The smallest absolute Gasteiger partial charge is 0.269 e.